The lowest BCUT2D eigenvalue weighted by molar-refractivity contribution is -0.135. The molecule has 0 saturated heterocycles. The summed E-state index contributed by atoms with van der Waals surface area (Å²) < 4.78 is 5.60. The van der Waals surface area contributed by atoms with Crippen LogP contribution in [0.15, 0.2) is 24.7 Å². The smallest absolute Gasteiger partial charge is 0.226 e. The van der Waals surface area contributed by atoms with Crippen molar-refractivity contribution in [2.24, 2.45) is 5.92 Å². The second-order valence-corrected chi connectivity index (χ2v) is 9.74. The summed E-state index contributed by atoms with van der Waals surface area (Å²) in [5.74, 6) is 1.84. The molecular weight excluding hydrogens is 424 g/mol. The van der Waals surface area contributed by atoms with Crippen molar-refractivity contribution >= 4 is 49.9 Å². The summed E-state index contributed by atoms with van der Waals surface area (Å²) >= 11 is 1.69. The first-order chi connectivity index (χ1) is 15.6. The second kappa shape index (κ2) is 7.44. The van der Waals surface area contributed by atoms with E-state index < -0.39 is 0 Å². The minimum absolute atomic E-state index is 0.0640. The molecule has 0 spiro atoms. The predicted octanol–water partition coefficient (Wildman–Crippen LogP) is 4.05. The van der Waals surface area contributed by atoms with Crippen LogP contribution in [0.1, 0.15) is 29.7 Å². The van der Waals surface area contributed by atoms with Crippen molar-refractivity contribution in [2.45, 2.75) is 38.1 Å². The van der Waals surface area contributed by atoms with E-state index >= 15 is 0 Å². The van der Waals surface area contributed by atoms with E-state index in [4.69, 9.17) is 4.74 Å². The van der Waals surface area contributed by atoms with E-state index in [1.54, 1.807) is 31.0 Å². The Labute approximate surface area is 189 Å². The van der Waals surface area contributed by atoms with Crippen LogP contribution < -0.4 is 10.1 Å². The van der Waals surface area contributed by atoms with Crippen molar-refractivity contribution in [2.75, 3.05) is 19.5 Å². The number of benzene rings is 1. The molecule has 3 heterocycles. The van der Waals surface area contributed by atoms with Crippen molar-refractivity contribution < 1.29 is 9.53 Å². The van der Waals surface area contributed by atoms with E-state index in [0.717, 1.165) is 64.7 Å². The monoisotopic (exact) mass is 448 g/mol. The minimum atomic E-state index is 0.0640. The molecule has 0 radical (unpaired) electrons. The van der Waals surface area contributed by atoms with Crippen molar-refractivity contribution in [1.82, 2.24) is 25.1 Å². The molecule has 1 aromatic carbocycles. The average molecular weight is 449 g/mol. The van der Waals surface area contributed by atoms with Crippen LogP contribution in [0.25, 0.3) is 21.1 Å². The number of hydrogen-bond acceptors (Lipinski definition) is 7. The zero-order chi connectivity index (χ0) is 21.8. The highest BCUT2D eigenvalue weighted by molar-refractivity contribution is 7.19. The molecule has 6 rings (SSSR count). The van der Waals surface area contributed by atoms with Gasteiger partial charge in [-0.3, -0.25) is 9.89 Å². The fourth-order valence-electron chi connectivity index (χ4n) is 4.71. The van der Waals surface area contributed by atoms with E-state index in [1.807, 2.05) is 24.1 Å². The minimum Gasteiger partial charge on any atom is -0.494 e. The molecule has 1 fully saturated rings. The molecular formula is C23H24N6O2S. The summed E-state index contributed by atoms with van der Waals surface area (Å²) in [6.45, 7) is 0. The zero-order valence-corrected chi connectivity index (χ0v) is 18.8. The molecule has 3 aromatic heterocycles. The average Bonchev–Trinajstić information content (AvgIpc) is 3.44. The fraction of sp³-hybridized carbons (Fsp3) is 0.391. The normalized spacial score (nSPS) is 18.0. The molecule has 1 atom stereocenters. The van der Waals surface area contributed by atoms with Gasteiger partial charge in [0.25, 0.3) is 0 Å². The lowest BCUT2D eigenvalue weighted by Gasteiger charge is -2.26. The maximum Gasteiger partial charge on any atom is 0.226 e. The van der Waals surface area contributed by atoms with Gasteiger partial charge in [-0.1, -0.05) is 0 Å². The number of aromatic amines is 1. The Morgan fingerprint density at radius 1 is 1.28 bits per heavy atom. The molecule has 1 saturated carbocycles. The number of amides is 1. The van der Waals surface area contributed by atoms with Gasteiger partial charge in [0.1, 0.15) is 22.7 Å². The van der Waals surface area contributed by atoms with Crippen LogP contribution in [0.3, 0.4) is 0 Å². The highest BCUT2D eigenvalue weighted by Gasteiger charge is 2.36. The van der Waals surface area contributed by atoms with Gasteiger partial charge in [0.05, 0.1) is 29.9 Å². The van der Waals surface area contributed by atoms with Gasteiger partial charge in [0.15, 0.2) is 0 Å². The molecule has 4 aromatic rings. The van der Waals surface area contributed by atoms with E-state index in [2.05, 4.69) is 25.5 Å². The number of nitrogens with zero attached hydrogens (tertiary/aromatic N) is 4. The second-order valence-electron chi connectivity index (χ2n) is 8.66. The van der Waals surface area contributed by atoms with E-state index in [-0.39, 0.29) is 11.8 Å². The third-order valence-electron chi connectivity index (χ3n) is 6.65. The first kappa shape index (κ1) is 19.5. The Hall–Kier alpha value is -3.20. The van der Waals surface area contributed by atoms with Gasteiger partial charge in [0.2, 0.25) is 5.91 Å². The summed E-state index contributed by atoms with van der Waals surface area (Å²) in [5, 5.41) is 12.6. The maximum atomic E-state index is 12.9. The number of methoxy groups -OCH3 is 1. The lowest BCUT2D eigenvalue weighted by atomic mass is 9.87. The van der Waals surface area contributed by atoms with Gasteiger partial charge in [0, 0.05) is 35.3 Å². The molecule has 2 N–H and O–H groups in total. The first-order valence-corrected chi connectivity index (χ1v) is 11.7. The summed E-state index contributed by atoms with van der Waals surface area (Å²) in [6, 6.07) is 4.39. The molecule has 0 unspecified atom stereocenters. The quantitative estimate of drug-likeness (QED) is 0.478. The number of aryl methyl sites for hydroxylation is 1. The number of hydrogen-bond donors (Lipinski definition) is 2. The molecule has 0 aliphatic heterocycles. The number of rotatable bonds is 5. The van der Waals surface area contributed by atoms with Crippen molar-refractivity contribution in [3.05, 3.63) is 35.1 Å². The van der Waals surface area contributed by atoms with Crippen molar-refractivity contribution in [1.29, 1.82) is 0 Å². The first-order valence-electron chi connectivity index (χ1n) is 10.9. The van der Waals surface area contributed by atoms with Gasteiger partial charge in [-0.2, -0.15) is 5.10 Å². The number of anilines is 2. The summed E-state index contributed by atoms with van der Waals surface area (Å²) in [5.41, 5.74) is 3.02. The van der Waals surface area contributed by atoms with E-state index in [0.29, 0.717) is 11.8 Å². The molecule has 164 valence electrons. The Morgan fingerprint density at radius 3 is 2.97 bits per heavy atom. The van der Waals surface area contributed by atoms with Crippen LogP contribution in [0.4, 0.5) is 11.5 Å². The number of thiophene rings is 1. The van der Waals surface area contributed by atoms with Gasteiger partial charge in [-0.15, -0.1) is 11.3 Å². The molecule has 2 aliphatic carbocycles. The SMILES string of the molecule is COc1cc2[nH]ncc2cc1Nc1ncnc2sc3c(c12)CC[C@H](C(=O)N(C)C1CC1)C3. The van der Waals surface area contributed by atoms with Crippen LogP contribution in [0, 0.1) is 5.92 Å². The molecule has 1 amide bonds. The molecule has 9 heteroatoms. The molecule has 8 nitrogen and oxygen atoms in total. The third kappa shape index (κ3) is 3.19. The van der Waals surface area contributed by atoms with Gasteiger partial charge >= 0.3 is 0 Å². The number of carbonyl (C=O) groups excluding carboxylic acids is 1. The summed E-state index contributed by atoms with van der Waals surface area (Å²) in [4.78, 5) is 26.2. The van der Waals surface area contributed by atoms with Gasteiger partial charge in [-0.05, 0) is 43.7 Å². The van der Waals surface area contributed by atoms with Crippen LogP contribution in [-0.2, 0) is 17.6 Å². The number of fused-ring (bicyclic) bond motifs is 4. The number of ether oxygens (including phenoxy) is 1. The van der Waals surface area contributed by atoms with Crippen LogP contribution in [-0.4, -0.2) is 51.2 Å². The van der Waals surface area contributed by atoms with Crippen molar-refractivity contribution in [3.63, 3.8) is 0 Å². The summed E-state index contributed by atoms with van der Waals surface area (Å²) in [6.07, 6.45) is 8.19. The van der Waals surface area contributed by atoms with Crippen LogP contribution >= 0.6 is 11.3 Å². The largest absolute Gasteiger partial charge is 0.494 e. The van der Waals surface area contributed by atoms with Gasteiger partial charge in [-0.25, -0.2) is 9.97 Å². The number of nitrogens with one attached hydrogen (secondary N) is 2. The maximum absolute atomic E-state index is 12.9. The standard InChI is InChI=1S/C23H24N6O2S/c1-29(14-4-5-14)23(30)12-3-6-15-19(8-12)32-22-20(15)21(24-11-25-22)27-17-7-13-10-26-28-16(13)9-18(17)31-2/h7,9-12,14H,3-6,8H2,1-2H3,(H,26,28)(H,24,25,27)/t12-/m0/s1. The Bertz CT molecular complexity index is 1340. The molecule has 0 bridgehead atoms. The molecule has 32 heavy (non-hydrogen) atoms. The highest BCUT2D eigenvalue weighted by atomic mass is 32.1. The number of aromatic nitrogens is 4. The topological polar surface area (TPSA) is 96.0 Å². The Balaban J connectivity index is 1.35. The highest BCUT2D eigenvalue weighted by Crippen LogP contribution is 2.42. The van der Waals surface area contributed by atoms with Gasteiger partial charge < -0.3 is 15.0 Å². The van der Waals surface area contributed by atoms with Crippen LogP contribution in [0.5, 0.6) is 5.75 Å². The Kier molecular flexibility index (Phi) is 4.53. The van der Waals surface area contributed by atoms with E-state index in [9.17, 15) is 4.79 Å². The van der Waals surface area contributed by atoms with Crippen molar-refractivity contribution in [3.8, 4) is 5.75 Å². The van der Waals surface area contributed by atoms with Crippen LogP contribution in [0.2, 0.25) is 0 Å². The third-order valence-corrected chi connectivity index (χ3v) is 7.81. The fourth-order valence-corrected chi connectivity index (χ4v) is 5.98. The Morgan fingerprint density at radius 2 is 2.16 bits per heavy atom. The number of H-pyrrole nitrogens is 1. The summed E-state index contributed by atoms with van der Waals surface area (Å²) in [7, 11) is 3.61. The lowest BCUT2D eigenvalue weighted by Crippen LogP contribution is -2.36. The van der Waals surface area contributed by atoms with E-state index in [1.165, 1.54) is 10.4 Å². The predicted molar refractivity (Wildman–Crippen MR) is 125 cm³/mol. The number of carbonyl (C=O) groups is 1. The zero-order valence-electron chi connectivity index (χ0n) is 18.0. The molecule has 2 aliphatic rings.